The van der Waals surface area contributed by atoms with Crippen molar-refractivity contribution < 1.29 is 4.74 Å². The molecule has 2 unspecified atom stereocenters. The van der Waals surface area contributed by atoms with Crippen LogP contribution in [-0.2, 0) is 11.2 Å². The molecule has 1 N–H and O–H groups in total. The highest BCUT2D eigenvalue weighted by Crippen LogP contribution is 2.30. The van der Waals surface area contributed by atoms with Gasteiger partial charge in [-0.3, -0.25) is 0 Å². The zero-order chi connectivity index (χ0) is 15.1. The molecule has 1 aromatic rings. The highest BCUT2D eigenvalue weighted by atomic mass is 16.5. The standard InChI is InChI=1S/C18H30N2O/c1-4-20(5-2)12-10-16(19-3)14-18-17-9-7-6-8-15(17)11-13-21-18/h6-9,16,18-19H,4-5,10-14H2,1-3H3. The average molecular weight is 290 g/mol. The largest absolute Gasteiger partial charge is 0.373 e. The van der Waals surface area contributed by atoms with E-state index in [-0.39, 0.29) is 6.10 Å². The normalized spacial score (nSPS) is 19.5. The molecule has 1 aliphatic rings. The summed E-state index contributed by atoms with van der Waals surface area (Å²) in [6.07, 6.45) is 3.55. The number of nitrogens with zero attached hydrogens (tertiary/aromatic N) is 1. The molecule has 0 saturated heterocycles. The highest BCUT2D eigenvalue weighted by molar-refractivity contribution is 5.31. The number of ether oxygens (including phenoxy) is 1. The van der Waals surface area contributed by atoms with Crippen LogP contribution in [0.25, 0.3) is 0 Å². The third-order valence-electron chi connectivity index (χ3n) is 4.69. The Morgan fingerprint density at radius 2 is 2.05 bits per heavy atom. The molecule has 0 spiro atoms. The molecule has 0 radical (unpaired) electrons. The molecular formula is C18H30N2O. The number of hydrogen-bond donors (Lipinski definition) is 1. The van der Waals surface area contributed by atoms with Crippen LogP contribution < -0.4 is 5.32 Å². The van der Waals surface area contributed by atoms with E-state index in [9.17, 15) is 0 Å². The molecule has 3 heteroatoms. The van der Waals surface area contributed by atoms with E-state index in [0.717, 1.165) is 39.1 Å². The average Bonchev–Trinajstić information content (AvgIpc) is 2.54. The number of nitrogens with one attached hydrogen (secondary N) is 1. The number of fused-ring (bicyclic) bond motifs is 1. The van der Waals surface area contributed by atoms with Crippen molar-refractivity contribution in [3.05, 3.63) is 35.4 Å². The molecule has 2 rings (SSSR count). The summed E-state index contributed by atoms with van der Waals surface area (Å²) in [5.74, 6) is 0. The third-order valence-corrected chi connectivity index (χ3v) is 4.69. The van der Waals surface area contributed by atoms with E-state index in [4.69, 9.17) is 4.74 Å². The van der Waals surface area contributed by atoms with Crippen LogP contribution in [0.3, 0.4) is 0 Å². The Bertz CT molecular complexity index is 417. The maximum absolute atomic E-state index is 6.04. The number of rotatable bonds is 8. The molecule has 1 aromatic carbocycles. The van der Waals surface area contributed by atoms with Crippen molar-refractivity contribution in [2.75, 3.05) is 33.3 Å². The van der Waals surface area contributed by atoms with Crippen LogP contribution in [0.2, 0.25) is 0 Å². The lowest BCUT2D eigenvalue weighted by molar-refractivity contribution is 0.0287. The van der Waals surface area contributed by atoms with Crippen molar-refractivity contribution in [1.29, 1.82) is 0 Å². The Hall–Kier alpha value is -0.900. The van der Waals surface area contributed by atoms with Crippen molar-refractivity contribution in [2.24, 2.45) is 0 Å². The summed E-state index contributed by atoms with van der Waals surface area (Å²) < 4.78 is 6.04. The predicted octanol–water partition coefficient (Wildman–Crippen LogP) is 3.01. The van der Waals surface area contributed by atoms with Gasteiger partial charge >= 0.3 is 0 Å². The predicted molar refractivity (Wildman–Crippen MR) is 88.7 cm³/mol. The van der Waals surface area contributed by atoms with E-state index in [1.165, 1.54) is 17.5 Å². The van der Waals surface area contributed by atoms with Gasteiger partial charge in [-0.1, -0.05) is 38.1 Å². The molecule has 1 heterocycles. The first-order chi connectivity index (χ1) is 10.3. The van der Waals surface area contributed by atoms with Gasteiger partial charge < -0.3 is 15.0 Å². The summed E-state index contributed by atoms with van der Waals surface area (Å²) in [4.78, 5) is 2.49. The topological polar surface area (TPSA) is 24.5 Å². The second-order valence-corrected chi connectivity index (χ2v) is 5.85. The Morgan fingerprint density at radius 3 is 2.76 bits per heavy atom. The van der Waals surface area contributed by atoms with E-state index in [1.54, 1.807) is 0 Å². The molecule has 2 atom stereocenters. The molecule has 118 valence electrons. The molecule has 0 aliphatic carbocycles. The summed E-state index contributed by atoms with van der Waals surface area (Å²) in [5, 5.41) is 3.48. The van der Waals surface area contributed by atoms with Crippen LogP contribution in [0.1, 0.15) is 43.9 Å². The molecule has 0 bridgehead atoms. The van der Waals surface area contributed by atoms with E-state index >= 15 is 0 Å². The smallest absolute Gasteiger partial charge is 0.0842 e. The first kappa shape index (κ1) is 16.5. The van der Waals surface area contributed by atoms with Gasteiger partial charge in [0.15, 0.2) is 0 Å². The second-order valence-electron chi connectivity index (χ2n) is 5.85. The molecule has 1 aliphatic heterocycles. The first-order valence-electron chi connectivity index (χ1n) is 8.37. The Kier molecular flexibility index (Phi) is 6.68. The fraction of sp³-hybridized carbons (Fsp3) is 0.667. The van der Waals surface area contributed by atoms with Crippen molar-refractivity contribution >= 4 is 0 Å². The summed E-state index contributed by atoms with van der Waals surface area (Å²) >= 11 is 0. The Balaban J connectivity index is 1.93. The van der Waals surface area contributed by atoms with Crippen molar-refractivity contribution in [3.8, 4) is 0 Å². The maximum atomic E-state index is 6.04. The van der Waals surface area contributed by atoms with Crippen molar-refractivity contribution in [2.45, 2.75) is 45.3 Å². The zero-order valence-corrected chi connectivity index (χ0v) is 13.8. The highest BCUT2D eigenvalue weighted by Gasteiger charge is 2.23. The van der Waals surface area contributed by atoms with Crippen LogP contribution in [0.15, 0.2) is 24.3 Å². The summed E-state index contributed by atoms with van der Waals surface area (Å²) in [6.45, 7) is 8.75. The van der Waals surface area contributed by atoms with Crippen LogP contribution >= 0.6 is 0 Å². The van der Waals surface area contributed by atoms with Gasteiger partial charge in [-0.15, -0.1) is 0 Å². The van der Waals surface area contributed by atoms with Crippen molar-refractivity contribution in [3.63, 3.8) is 0 Å². The lowest BCUT2D eigenvalue weighted by atomic mass is 9.92. The lowest BCUT2D eigenvalue weighted by Crippen LogP contribution is -2.34. The molecule has 0 fully saturated rings. The van der Waals surface area contributed by atoms with Gasteiger partial charge in [0, 0.05) is 6.04 Å². The molecule has 21 heavy (non-hydrogen) atoms. The minimum atomic E-state index is 0.254. The minimum absolute atomic E-state index is 0.254. The summed E-state index contributed by atoms with van der Waals surface area (Å²) in [5.41, 5.74) is 2.86. The quantitative estimate of drug-likeness (QED) is 0.796. The summed E-state index contributed by atoms with van der Waals surface area (Å²) in [7, 11) is 2.07. The third kappa shape index (κ3) is 4.53. The fourth-order valence-corrected chi connectivity index (χ4v) is 3.19. The molecular weight excluding hydrogens is 260 g/mol. The Morgan fingerprint density at radius 1 is 1.29 bits per heavy atom. The van der Waals surface area contributed by atoms with E-state index in [0.29, 0.717) is 6.04 Å². The van der Waals surface area contributed by atoms with Crippen LogP contribution in [0, 0.1) is 0 Å². The second kappa shape index (κ2) is 8.52. The van der Waals surface area contributed by atoms with Gasteiger partial charge in [-0.2, -0.15) is 0 Å². The lowest BCUT2D eigenvalue weighted by Gasteiger charge is -2.30. The Labute approximate surface area is 129 Å². The van der Waals surface area contributed by atoms with Gasteiger partial charge in [-0.25, -0.2) is 0 Å². The van der Waals surface area contributed by atoms with Gasteiger partial charge in [0.2, 0.25) is 0 Å². The van der Waals surface area contributed by atoms with Crippen LogP contribution in [0.4, 0.5) is 0 Å². The SMILES string of the molecule is CCN(CC)CCC(CC1OCCc2ccccc21)NC. The van der Waals surface area contributed by atoms with Gasteiger partial charge in [0.25, 0.3) is 0 Å². The summed E-state index contributed by atoms with van der Waals surface area (Å²) in [6, 6.07) is 9.26. The fourth-order valence-electron chi connectivity index (χ4n) is 3.19. The molecule has 0 aromatic heterocycles. The molecule has 3 nitrogen and oxygen atoms in total. The molecule has 0 saturated carbocycles. The van der Waals surface area contributed by atoms with E-state index < -0.39 is 0 Å². The first-order valence-corrected chi connectivity index (χ1v) is 8.37. The monoisotopic (exact) mass is 290 g/mol. The van der Waals surface area contributed by atoms with Crippen molar-refractivity contribution in [1.82, 2.24) is 10.2 Å². The number of benzene rings is 1. The maximum Gasteiger partial charge on any atom is 0.0842 e. The van der Waals surface area contributed by atoms with Gasteiger partial charge in [0.05, 0.1) is 12.7 Å². The van der Waals surface area contributed by atoms with Crippen LogP contribution in [0.5, 0.6) is 0 Å². The van der Waals surface area contributed by atoms with E-state index in [2.05, 4.69) is 55.4 Å². The molecule has 0 amide bonds. The zero-order valence-electron chi connectivity index (χ0n) is 13.8. The van der Waals surface area contributed by atoms with Crippen LogP contribution in [-0.4, -0.2) is 44.2 Å². The van der Waals surface area contributed by atoms with Gasteiger partial charge in [-0.05, 0) is 57.1 Å². The van der Waals surface area contributed by atoms with E-state index in [1.807, 2.05) is 0 Å². The van der Waals surface area contributed by atoms with Gasteiger partial charge in [0.1, 0.15) is 0 Å². The minimum Gasteiger partial charge on any atom is -0.373 e. The number of hydrogen-bond acceptors (Lipinski definition) is 3.